The third-order valence-corrected chi connectivity index (χ3v) is 7.72. The molecule has 38 heavy (non-hydrogen) atoms. The molecule has 10 heteroatoms. The largest absolute Gasteiger partial charge is 0.320 e. The van der Waals surface area contributed by atoms with E-state index in [4.69, 9.17) is 0 Å². The summed E-state index contributed by atoms with van der Waals surface area (Å²) in [5.41, 5.74) is -0.138. The molecule has 0 bridgehead atoms. The average Bonchev–Trinajstić information content (AvgIpc) is 2.94. The van der Waals surface area contributed by atoms with Gasteiger partial charge in [0.25, 0.3) is 11.5 Å². The molecule has 4 rings (SSSR count). The molecule has 0 saturated heterocycles. The Labute approximate surface area is 218 Å². The highest BCUT2D eigenvalue weighted by atomic mass is 32.2. The summed E-state index contributed by atoms with van der Waals surface area (Å²) in [6.45, 7) is 1.62. The maximum atomic E-state index is 13.7. The number of sulfone groups is 1. The second-order valence-electron chi connectivity index (χ2n) is 8.43. The summed E-state index contributed by atoms with van der Waals surface area (Å²) in [6, 6.07) is 20.6. The van der Waals surface area contributed by atoms with Crippen LogP contribution < -0.4 is 16.2 Å². The second-order valence-corrected chi connectivity index (χ2v) is 10.4. The van der Waals surface area contributed by atoms with Gasteiger partial charge < -0.3 is 10.6 Å². The summed E-state index contributed by atoms with van der Waals surface area (Å²) >= 11 is 0. The zero-order chi connectivity index (χ0) is 27.4. The van der Waals surface area contributed by atoms with E-state index in [9.17, 15) is 27.2 Å². The summed E-state index contributed by atoms with van der Waals surface area (Å²) in [7, 11) is -2.48. The predicted molar refractivity (Wildman–Crippen MR) is 141 cm³/mol. The van der Waals surface area contributed by atoms with E-state index in [1.807, 2.05) is 0 Å². The Kier molecular flexibility index (Phi) is 7.65. The molecule has 0 radical (unpaired) electrons. The molecular weight excluding hydrogens is 509 g/mol. The van der Waals surface area contributed by atoms with E-state index in [1.165, 1.54) is 30.3 Å². The number of nitrogens with one attached hydrogen (secondary N) is 2. The number of halogens is 1. The quantitative estimate of drug-likeness (QED) is 0.350. The minimum absolute atomic E-state index is 0.0699. The van der Waals surface area contributed by atoms with E-state index >= 15 is 0 Å². The van der Waals surface area contributed by atoms with E-state index in [0.717, 1.165) is 34.9 Å². The number of rotatable bonds is 7. The van der Waals surface area contributed by atoms with Gasteiger partial charge in [-0.2, -0.15) is 0 Å². The summed E-state index contributed by atoms with van der Waals surface area (Å²) in [6.07, 6.45) is 0. The molecule has 1 aromatic heterocycles. The van der Waals surface area contributed by atoms with E-state index in [2.05, 4.69) is 10.6 Å². The first-order valence-corrected chi connectivity index (χ1v) is 13.1. The van der Waals surface area contributed by atoms with Crippen LogP contribution >= 0.6 is 0 Å². The van der Waals surface area contributed by atoms with Crippen molar-refractivity contribution in [3.8, 4) is 11.3 Å². The molecule has 0 spiro atoms. The van der Waals surface area contributed by atoms with Gasteiger partial charge in [-0.15, -0.1) is 0 Å². The van der Waals surface area contributed by atoms with Crippen LogP contribution in [0.5, 0.6) is 0 Å². The highest BCUT2D eigenvalue weighted by Gasteiger charge is 2.23. The molecule has 194 valence electrons. The fourth-order valence-electron chi connectivity index (χ4n) is 3.72. The topological polar surface area (TPSA) is 114 Å². The first-order valence-electron chi connectivity index (χ1n) is 11.6. The number of aromatic nitrogens is 1. The standard InChI is InChI=1S/C28H24FN3O5S/c1-18(30-2)26(33)31-24-15-16-25(19-7-4-3-5-8-19)32(28(24)35)27(34)20-9-6-10-23(17-20)38(36,37)22-13-11-21(29)12-14-22/h3-18,30H,1-2H3,(H,31,33)/t18-/m0/s1. The Hall–Kier alpha value is -4.41. The maximum absolute atomic E-state index is 13.7. The van der Waals surface area contributed by atoms with Gasteiger partial charge in [0, 0.05) is 5.56 Å². The van der Waals surface area contributed by atoms with Crippen molar-refractivity contribution in [2.45, 2.75) is 22.8 Å². The van der Waals surface area contributed by atoms with Gasteiger partial charge in [0.2, 0.25) is 15.7 Å². The molecule has 1 amide bonds. The second kappa shape index (κ2) is 10.9. The zero-order valence-electron chi connectivity index (χ0n) is 20.5. The van der Waals surface area contributed by atoms with Crippen molar-refractivity contribution >= 4 is 27.3 Å². The van der Waals surface area contributed by atoms with Gasteiger partial charge in [0.1, 0.15) is 11.5 Å². The van der Waals surface area contributed by atoms with Crippen molar-refractivity contribution in [2.75, 3.05) is 12.4 Å². The summed E-state index contributed by atoms with van der Waals surface area (Å²) in [5, 5.41) is 5.31. The van der Waals surface area contributed by atoms with Gasteiger partial charge in [0.05, 0.1) is 21.5 Å². The molecule has 4 aromatic rings. The van der Waals surface area contributed by atoms with Gasteiger partial charge >= 0.3 is 0 Å². The van der Waals surface area contributed by atoms with E-state index in [-0.39, 0.29) is 26.7 Å². The van der Waals surface area contributed by atoms with E-state index < -0.39 is 39.1 Å². The number of amides is 1. The lowest BCUT2D eigenvalue weighted by molar-refractivity contribution is -0.117. The Morgan fingerprint density at radius 2 is 1.55 bits per heavy atom. The SMILES string of the molecule is CN[C@@H](C)C(=O)Nc1ccc(-c2ccccc2)n(C(=O)c2cccc(S(=O)(=O)c3ccc(F)cc3)c2)c1=O. The first-order chi connectivity index (χ1) is 18.1. The van der Waals surface area contributed by atoms with Gasteiger partial charge in [0.15, 0.2) is 0 Å². The Morgan fingerprint density at radius 3 is 2.21 bits per heavy atom. The van der Waals surface area contributed by atoms with Gasteiger partial charge in [-0.25, -0.2) is 17.4 Å². The highest BCUT2D eigenvalue weighted by molar-refractivity contribution is 7.91. The fraction of sp³-hybridized carbons (Fsp3) is 0.107. The monoisotopic (exact) mass is 533 g/mol. The smallest absolute Gasteiger partial charge is 0.281 e. The molecule has 0 saturated carbocycles. The number of hydrogen-bond acceptors (Lipinski definition) is 6. The predicted octanol–water partition coefficient (Wildman–Crippen LogP) is 3.72. The lowest BCUT2D eigenvalue weighted by Gasteiger charge is -2.16. The number of anilines is 1. The van der Waals surface area contributed by atoms with Crippen LogP contribution in [0.1, 0.15) is 17.3 Å². The molecule has 1 atom stereocenters. The van der Waals surface area contributed by atoms with E-state index in [1.54, 1.807) is 44.3 Å². The molecule has 8 nitrogen and oxygen atoms in total. The first kappa shape index (κ1) is 26.6. The van der Waals surface area contributed by atoms with Crippen LogP contribution in [0.4, 0.5) is 10.1 Å². The van der Waals surface area contributed by atoms with Crippen molar-refractivity contribution in [1.29, 1.82) is 0 Å². The lowest BCUT2D eigenvalue weighted by atomic mass is 10.1. The molecule has 0 aliphatic heterocycles. The molecule has 0 aliphatic carbocycles. The van der Waals surface area contributed by atoms with Crippen LogP contribution in [-0.4, -0.2) is 37.9 Å². The summed E-state index contributed by atoms with van der Waals surface area (Å²) in [5.74, 6) is -1.84. The van der Waals surface area contributed by atoms with Crippen molar-refractivity contribution in [3.05, 3.63) is 113 Å². The van der Waals surface area contributed by atoms with Crippen LogP contribution in [0.15, 0.2) is 106 Å². The van der Waals surface area contributed by atoms with Crippen LogP contribution in [0.3, 0.4) is 0 Å². The van der Waals surface area contributed by atoms with Crippen molar-refractivity contribution in [1.82, 2.24) is 9.88 Å². The Bertz CT molecular complexity index is 1670. The van der Waals surface area contributed by atoms with Crippen molar-refractivity contribution in [2.24, 2.45) is 0 Å². The van der Waals surface area contributed by atoms with Gasteiger partial charge in [-0.1, -0.05) is 36.4 Å². The number of benzene rings is 3. The zero-order valence-corrected chi connectivity index (χ0v) is 21.3. The minimum atomic E-state index is -4.07. The molecular formula is C28H24FN3O5S. The van der Waals surface area contributed by atoms with E-state index in [0.29, 0.717) is 5.56 Å². The van der Waals surface area contributed by atoms with Crippen LogP contribution in [0.2, 0.25) is 0 Å². The molecule has 1 heterocycles. The van der Waals surface area contributed by atoms with Crippen LogP contribution in [0.25, 0.3) is 11.3 Å². The maximum Gasteiger partial charge on any atom is 0.281 e. The summed E-state index contributed by atoms with van der Waals surface area (Å²) in [4.78, 5) is 39.3. The van der Waals surface area contributed by atoms with Crippen molar-refractivity contribution in [3.63, 3.8) is 0 Å². The summed E-state index contributed by atoms with van der Waals surface area (Å²) < 4.78 is 40.5. The molecule has 0 aliphatic rings. The van der Waals surface area contributed by atoms with Crippen molar-refractivity contribution < 1.29 is 22.4 Å². The molecule has 0 unspecified atom stereocenters. The number of hydrogen-bond donors (Lipinski definition) is 2. The Balaban J connectivity index is 1.83. The highest BCUT2D eigenvalue weighted by Crippen LogP contribution is 2.24. The number of carbonyl (C=O) groups excluding carboxylic acids is 2. The van der Waals surface area contributed by atoms with Gasteiger partial charge in [-0.3, -0.25) is 14.4 Å². The third-order valence-electron chi connectivity index (χ3n) is 5.95. The Morgan fingerprint density at radius 1 is 0.868 bits per heavy atom. The van der Waals surface area contributed by atoms with Crippen LogP contribution in [0, 0.1) is 5.82 Å². The molecule has 3 aromatic carbocycles. The number of carbonyl (C=O) groups is 2. The molecule has 0 fully saturated rings. The molecule has 2 N–H and O–H groups in total. The normalized spacial score (nSPS) is 12.1. The lowest BCUT2D eigenvalue weighted by Crippen LogP contribution is -2.38. The third kappa shape index (κ3) is 5.31. The number of nitrogens with zero attached hydrogens (tertiary/aromatic N) is 1. The number of pyridine rings is 1. The fourth-order valence-corrected chi connectivity index (χ4v) is 5.02. The van der Waals surface area contributed by atoms with Gasteiger partial charge in [-0.05, 0) is 74.1 Å². The number of likely N-dealkylation sites (N-methyl/N-ethyl adjacent to an activating group) is 1. The van der Waals surface area contributed by atoms with Crippen LogP contribution in [-0.2, 0) is 14.6 Å². The average molecular weight is 534 g/mol. The minimum Gasteiger partial charge on any atom is -0.320 e.